The molecule has 1 heterocycles. The van der Waals surface area contributed by atoms with Gasteiger partial charge in [0.25, 0.3) is 0 Å². The third-order valence-electron chi connectivity index (χ3n) is 3.74. The van der Waals surface area contributed by atoms with Gasteiger partial charge in [0.1, 0.15) is 5.69 Å². The summed E-state index contributed by atoms with van der Waals surface area (Å²) >= 11 is 0. The zero-order chi connectivity index (χ0) is 19.1. The predicted octanol–water partition coefficient (Wildman–Crippen LogP) is 2.76. The number of para-hydroxylation sites is 1. The number of aromatic nitrogens is 3. The van der Waals surface area contributed by atoms with Crippen LogP contribution in [0.1, 0.15) is 21.6 Å². The van der Waals surface area contributed by atoms with Crippen molar-refractivity contribution in [1.82, 2.24) is 15.0 Å². The Morgan fingerprint density at radius 3 is 2.63 bits per heavy atom. The standard InChI is InChI=1S/C20H18N4O3/c1-27-20(26)17-9-5-6-10-18(17)21-19(25)12-11-16-14-24(23-22-16)13-15-7-3-2-4-8-15/h2-12,14H,13H2,1H3,(H,21,25)/b12-11+. The van der Waals surface area contributed by atoms with Crippen LogP contribution in [0.5, 0.6) is 0 Å². The van der Waals surface area contributed by atoms with Crippen molar-refractivity contribution in [2.45, 2.75) is 6.54 Å². The van der Waals surface area contributed by atoms with Crippen molar-refractivity contribution < 1.29 is 14.3 Å². The monoisotopic (exact) mass is 362 g/mol. The van der Waals surface area contributed by atoms with Crippen LogP contribution in [0.25, 0.3) is 6.08 Å². The van der Waals surface area contributed by atoms with Crippen LogP contribution in [0.15, 0.2) is 66.9 Å². The van der Waals surface area contributed by atoms with E-state index in [9.17, 15) is 9.59 Å². The summed E-state index contributed by atoms with van der Waals surface area (Å²) in [4.78, 5) is 23.9. The molecule has 0 saturated heterocycles. The van der Waals surface area contributed by atoms with Crippen LogP contribution < -0.4 is 5.32 Å². The van der Waals surface area contributed by atoms with Crippen LogP contribution in [0.4, 0.5) is 5.69 Å². The van der Waals surface area contributed by atoms with Gasteiger partial charge in [0.05, 0.1) is 31.1 Å². The van der Waals surface area contributed by atoms with E-state index in [0.717, 1.165) is 5.56 Å². The van der Waals surface area contributed by atoms with Gasteiger partial charge in [-0.25, -0.2) is 9.48 Å². The average molecular weight is 362 g/mol. The van der Waals surface area contributed by atoms with Crippen LogP contribution in [0.2, 0.25) is 0 Å². The molecule has 0 radical (unpaired) electrons. The number of carbonyl (C=O) groups is 2. The highest BCUT2D eigenvalue weighted by Gasteiger charge is 2.12. The highest BCUT2D eigenvalue weighted by Crippen LogP contribution is 2.16. The summed E-state index contributed by atoms with van der Waals surface area (Å²) < 4.78 is 6.40. The van der Waals surface area contributed by atoms with Gasteiger partial charge in [-0.1, -0.05) is 47.7 Å². The van der Waals surface area contributed by atoms with Gasteiger partial charge in [0, 0.05) is 6.08 Å². The number of methoxy groups -OCH3 is 1. The number of hydrogen-bond donors (Lipinski definition) is 1. The van der Waals surface area contributed by atoms with Crippen molar-refractivity contribution in [1.29, 1.82) is 0 Å². The molecule has 0 bridgehead atoms. The van der Waals surface area contributed by atoms with E-state index >= 15 is 0 Å². The molecule has 0 fully saturated rings. The molecule has 1 aromatic heterocycles. The molecule has 3 rings (SSSR count). The van der Waals surface area contributed by atoms with Crippen LogP contribution in [-0.2, 0) is 16.1 Å². The number of amides is 1. The van der Waals surface area contributed by atoms with Crippen molar-refractivity contribution in [3.8, 4) is 0 Å². The summed E-state index contributed by atoms with van der Waals surface area (Å²) in [5.41, 5.74) is 2.33. The predicted molar refractivity (Wildman–Crippen MR) is 101 cm³/mol. The van der Waals surface area contributed by atoms with Crippen molar-refractivity contribution in [3.63, 3.8) is 0 Å². The Morgan fingerprint density at radius 2 is 1.85 bits per heavy atom. The molecule has 3 aromatic rings. The number of nitrogens with zero attached hydrogens (tertiary/aromatic N) is 3. The number of anilines is 1. The number of esters is 1. The Balaban J connectivity index is 1.63. The first kappa shape index (κ1) is 18.1. The molecule has 1 N–H and O–H groups in total. The molecule has 0 atom stereocenters. The van der Waals surface area contributed by atoms with Crippen LogP contribution >= 0.6 is 0 Å². The molecular formula is C20H18N4O3. The number of rotatable bonds is 6. The normalized spacial score (nSPS) is 10.7. The zero-order valence-electron chi connectivity index (χ0n) is 14.7. The lowest BCUT2D eigenvalue weighted by atomic mass is 10.2. The van der Waals surface area contributed by atoms with E-state index in [2.05, 4.69) is 15.6 Å². The Hall–Kier alpha value is -3.74. The zero-order valence-corrected chi connectivity index (χ0v) is 14.7. The van der Waals surface area contributed by atoms with Crippen molar-refractivity contribution in [3.05, 3.63) is 83.7 Å². The van der Waals surface area contributed by atoms with E-state index in [1.165, 1.54) is 13.2 Å². The summed E-state index contributed by atoms with van der Waals surface area (Å²) in [7, 11) is 1.29. The number of ether oxygens (including phenoxy) is 1. The number of hydrogen-bond acceptors (Lipinski definition) is 5. The second-order valence-electron chi connectivity index (χ2n) is 5.69. The minimum Gasteiger partial charge on any atom is -0.465 e. The quantitative estimate of drug-likeness (QED) is 0.538. The van der Waals surface area contributed by atoms with Crippen LogP contribution in [0, 0.1) is 0 Å². The fourth-order valence-corrected chi connectivity index (χ4v) is 2.45. The lowest BCUT2D eigenvalue weighted by Crippen LogP contribution is -2.12. The Bertz CT molecular complexity index is 964. The lowest BCUT2D eigenvalue weighted by Gasteiger charge is -2.07. The second kappa shape index (κ2) is 8.57. The van der Waals surface area contributed by atoms with Gasteiger partial charge in [0.2, 0.25) is 5.91 Å². The molecule has 2 aromatic carbocycles. The molecule has 0 unspecified atom stereocenters. The van der Waals surface area contributed by atoms with E-state index in [0.29, 0.717) is 17.9 Å². The fraction of sp³-hybridized carbons (Fsp3) is 0.100. The minimum absolute atomic E-state index is 0.288. The lowest BCUT2D eigenvalue weighted by molar-refractivity contribution is -0.111. The molecule has 0 aliphatic rings. The molecular weight excluding hydrogens is 344 g/mol. The molecule has 0 saturated carbocycles. The minimum atomic E-state index is -0.515. The van der Waals surface area contributed by atoms with E-state index < -0.39 is 5.97 Å². The Labute approximate surface area is 156 Å². The Kier molecular flexibility index (Phi) is 5.73. The topological polar surface area (TPSA) is 86.1 Å². The van der Waals surface area contributed by atoms with E-state index in [4.69, 9.17) is 4.74 Å². The van der Waals surface area contributed by atoms with E-state index in [-0.39, 0.29) is 11.5 Å². The van der Waals surface area contributed by atoms with Gasteiger partial charge in [-0.15, -0.1) is 5.10 Å². The molecule has 7 nitrogen and oxygen atoms in total. The van der Waals surface area contributed by atoms with Gasteiger partial charge in [-0.2, -0.15) is 0 Å². The van der Waals surface area contributed by atoms with E-state index in [1.807, 2.05) is 30.3 Å². The van der Waals surface area contributed by atoms with Crippen LogP contribution in [-0.4, -0.2) is 34.0 Å². The first-order valence-corrected chi connectivity index (χ1v) is 8.26. The molecule has 0 aliphatic heterocycles. The Morgan fingerprint density at radius 1 is 1.11 bits per heavy atom. The van der Waals surface area contributed by atoms with E-state index in [1.54, 1.807) is 41.2 Å². The average Bonchev–Trinajstić information content (AvgIpc) is 3.14. The summed E-state index contributed by atoms with van der Waals surface area (Å²) in [6.07, 6.45) is 4.65. The number of benzene rings is 2. The van der Waals surface area contributed by atoms with Crippen molar-refractivity contribution in [2.24, 2.45) is 0 Å². The molecule has 0 spiro atoms. The fourth-order valence-electron chi connectivity index (χ4n) is 2.45. The van der Waals surface area contributed by atoms with Gasteiger partial charge >= 0.3 is 5.97 Å². The molecule has 0 aliphatic carbocycles. The maximum atomic E-state index is 12.1. The van der Waals surface area contributed by atoms with Gasteiger partial charge in [0.15, 0.2) is 0 Å². The molecule has 27 heavy (non-hydrogen) atoms. The third kappa shape index (κ3) is 4.88. The highest BCUT2D eigenvalue weighted by atomic mass is 16.5. The second-order valence-corrected chi connectivity index (χ2v) is 5.69. The van der Waals surface area contributed by atoms with Gasteiger partial charge in [-0.05, 0) is 23.8 Å². The highest BCUT2D eigenvalue weighted by molar-refractivity contribution is 6.06. The molecule has 7 heteroatoms. The first-order valence-electron chi connectivity index (χ1n) is 8.26. The number of carbonyl (C=O) groups excluding carboxylic acids is 2. The third-order valence-corrected chi connectivity index (χ3v) is 3.74. The van der Waals surface area contributed by atoms with Crippen molar-refractivity contribution in [2.75, 3.05) is 12.4 Å². The number of nitrogens with one attached hydrogen (secondary N) is 1. The first-order chi connectivity index (χ1) is 13.2. The van der Waals surface area contributed by atoms with Gasteiger partial charge in [-0.3, -0.25) is 4.79 Å². The maximum absolute atomic E-state index is 12.1. The molecule has 136 valence electrons. The smallest absolute Gasteiger partial charge is 0.339 e. The summed E-state index contributed by atoms with van der Waals surface area (Å²) in [5, 5.41) is 10.7. The summed E-state index contributed by atoms with van der Waals surface area (Å²) in [6, 6.07) is 16.5. The molecule has 1 amide bonds. The summed E-state index contributed by atoms with van der Waals surface area (Å²) in [6.45, 7) is 0.598. The van der Waals surface area contributed by atoms with Crippen LogP contribution in [0.3, 0.4) is 0 Å². The van der Waals surface area contributed by atoms with Crippen molar-refractivity contribution >= 4 is 23.6 Å². The maximum Gasteiger partial charge on any atom is 0.339 e. The SMILES string of the molecule is COC(=O)c1ccccc1NC(=O)/C=C/c1cn(Cc2ccccc2)nn1. The summed E-state index contributed by atoms with van der Waals surface area (Å²) in [5.74, 6) is -0.900. The largest absolute Gasteiger partial charge is 0.465 e. The van der Waals surface area contributed by atoms with Gasteiger partial charge < -0.3 is 10.1 Å².